The molecule has 0 bridgehead atoms. The van der Waals surface area contributed by atoms with E-state index in [1.807, 2.05) is 0 Å². The maximum Gasteiger partial charge on any atom is 0.300 e. The van der Waals surface area contributed by atoms with Crippen molar-refractivity contribution in [3.05, 3.63) is 0 Å². The van der Waals surface area contributed by atoms with Gasteiger partial charge in [0.1, 0.15) is 0 Å². The van der Waals surface area contributed by atoms with Crippen molar-refractivity contribution in [3.8, 4) is 0 Å². The molecule has 0 radical (unpaired) electrons. The standard InChI is InChI=1S/C3H5ClO.C2H4O2/c4-1-3-2-5-3;1-2(3)4/h3H,1-2H2;1H3,(H,3,4). The second-order valence-corrected chi connectivity index (χ2v) is 1.94. The molecule has 1 saturated heterocycles. The second kappa shape index (κ2) is 4.58. The van der Waals surface area contributed by atoms with Gasteiger partial charge < -0.3 is 9.84 Å². The lowest BCUT2D eigenvalue weighted by Crippen LogP contribution is -1.80. The molecule has 1 atom stereocenters. The summed E-state index contributed by atoms with van der Waals surface area (Å²) < 4.78 is 4.73. The number of ether oxygens (including phenoxy) is 1. The second-order valence-electron chi connectivity index (χ2n) is 1.63. The fourth-order valence-corrected chi connectivity index (χ4v) is 0.335. The van der Waals surface area contributed by atoms with Crippen LogP contribution >= 0.6 is 11.6 Å². The van der Waals surface area contributed by atoms with Crippen molar-refractivity contribution in [2.45, 2.75) is 13.0 Å². The zero-order valence-corrected chi connectivity index (χ0v) is 5.89. The van der Waals surface area contributed by atoms with Crippen molar-refractivity contribution >= 4 is 17.6 Å². The highest BCUT2D eigenvalue weighted by molar-refractivity contribution is 6.18. The first-order valence-electron chi connectivity index (χ1n) is 2.54. The summed E-state index contributed by atoms with van der Waals surface area (Å²) in [5.74, 6) is -0.167. The zero-order chi connectivity index (χ0) is 7.28. The molecule has 0 spiro atoms. The molecule has 0 aliphatic carbocycles. The molecule has 0 saturated carbocycles. The average Bonchev–Trinajstić information content (AvgIpc) is 2.43. The van der Waals surface area contributed by atoms with E-state index in [0.29, 0.717) is 12.0 Å². The summed E-state index contributed by atoms with van der Waals surface area (Å²) in [6.45, 7) is 1.96. The Hall–Kier alpha value is -0.280. The van der Waals surface area contributed by atoms with E-state index in [-0.39, 0.29) is 0 Å². The molecule has 0 amide bonds. The van der Waals surface area contributed by atoms with Crippen LogP contribution in [0.4, 0.5) is 0 Å². The van der Waals surface area contributed by atoms with Gasteiger partial charge in [-0.25, -0.2) is 0 Å². The average molecular weight is 153 g/mol. The summed E-state index contributed by atoms with van der Waals surface area (Å²) in [6.07, 6.45) is 0.400. The van der Waals surface area contributed by atoms with Crippen molar-refractivity contribution in [1.82, 2.24) is 0 Å². The van der Waals surface area contributed by atoms with Crippen molar-refractivity contribution in [2.24, 2.45) is 0 Å². The third-order valence-electron chi connectivity index (χ3n) is 0.574. The van der Waals surface area contributed by atoms with Gasteiger partial charge in [-0.3, -0.25) is 4.79 Å². The normalized spacial score (nSPS) is 21.8. The Kier molecular flexibility index (Phi) is 4.44. The topological polar surface area (TPSA) is 49.8 Å². The Morgan fingerprint density at radius 3 is 2.33 bits per heavy atom. The summed E-state index contributed by atoms with van der Waals surface area (Å²) in [5.41, 5.74) is 0. The minimum Gasteiger partial charge on any atom is -0.481 e. The maximum atomic E-state index is 9.00. The quantitative estimate of drug-likeness (QED) is 0.445. The number of hydrogen-bond donors (Lipinski definition) is 1. The minimum absolute atomic E-state index is 0.400. The van der Waals surface area contributed by atoms with Gasteiger partial charge in [0.15, 0.2) is 0 Å². The Morgan fingerprint density at radius 2 is 2.33 bits per heavy atom. The Morgan fingerprint density at radius 1 is 2.00 bits per heavy atom. The van der Waals surface area contributed by atoms with Gasteiger partial charge >= 0.3 is 0 Å². The molecular formula is C5H9ClO3. The summed E-state index contributed by atoms with van der Waals surface area (Å²) in [5, 5.41) is 7.42. The number of carbonyl (C=O) groups is 1. The van der Waals surface area contributed by atoms with Crippen LogP contribution in [-0.2, 0) is 9.53 Å². The molecule has 1 heterocycles. The number of aliphatic carboxylic acids is 1. The lowest BCUT2D eigenvalue weighted by molar-refractivity contribution is -0.134. The fraction of sp³-hybridized carbons (Fsp3) is 0.800. The van der Waals surface area contributed by atoms with E-state index in [4.69, 9.17) is 26.2 Å². The minimum atomic E-state index is -0.833. The van der Waals surface area contributed by atoms with Gasteiger partial charge in [-0.15, -0.1) is 11.6 Å². The molecule has 9 heavy (non-hydrogen) atoms. The van der Waals surface area contributed by atoms with Gasteiger partial charge in [-0.2, -0.15) is 0 Å². The monoisotopic (exact) mass is 152 g/mol. The third-order valence-corrected chi connectivity index (χ3v) is 0.919. The number of carboxylic acids is 1. The predicted octanol–water partition coefficient (Wildman–Crippen LogP) is 0.715. The summed E-state index contributed by atoms with van der Waals surface area (Å²) in [7, 11) is 0. The molecule has 1 aliphatic rings. The lowest BCUT2D eigenvalue weighted by Gasteiger charge is -1.67. The van der Waals surface area contributed by atoms with Gasteiger partial charge in [0.05, 0.1) is 18.6 Å². The Bertz CT molecular complexity index is 86.2. The highest BCUT2D eigenvalue weighted by Crippen LogP contribution is 2.08. The van der Waals surface area contributed by atoms with Crippen LogP contribution in [-0.4, -0.2) is 29.7 Å². The van der Waals surface area contributed by atoms with Crippen LogP contribution in [0.2, 0.25) is 0 Å². The molecular weight excluding hydrogens is 144 g/mol. The number of alkyl halides is 1. The third kappa shape index (κ3) is 11.3. The molecule has 1 rings (SSSR count). The first-order chi connectivity index (χ1) is 4.16. The number of epoxide rings is 1. The predicted molar refractivity (Wildman–Crippen MR) is 33.8 cm³/mol. The van der Waals surface area contributed by atoms with E-state index in [1.165, 1.54) is 0 Å². The molecule has 4 heteroatoms. The number of carboxylic acid groups (broad SMARTS) is 1. The molecule has 0 aromatic carbocycles. The molecule has 1 fully saturated rings. The molecule has 0 aromatic rings. The Balaban J connectivity index is 0.000000148. The Labute approximate surface area is 58.6 Å². The van der Waals surface area contributed by atoms with Gasteiger partial charge in [0, 0.05) is 6.92 Å². The van der Waals surface area contributed by atoms with E-state index in [0.717, 1.165) is 13.5 Å². The summed E-state index contributed by atoms with van der Waals surface area (Å²) >= 11 is 5.27. The molecule has 0 aromatic heterocycles. The van der Waals surface area contributed by atoms with Crippen LogP contribution in [0.3, 0.4) is 0 Å². The van der Waals surface area contributed by atoms with Gasteiger partial charge in [-0.05, 0) is 0 Å². The molecule has 1 aliphatic heterocycles. The van der Waals surface area contributed by atoms with Crippen LogP contribution in [0.1, 0.15) is 6.92 Å². The molecule has 54 valence electrons. The van der Waals surface area contributed by atoms with Crippen molar-refractivity contribution in [1.29, 1.82) is 0 Å². The number of rotatable bonds is 1. The summed E-state index contributed by atoms with van der Waals surface area (Å²) in [4.78, 5) is 9.00. The van der Waals surface area contributed by atoms with E-state index >= 15 is 0 Å². The van der Waals surface area contributed by atoms with Crippen molar-refractivity contribution < 1.29 is 14.6 Å². The first kappa shape index (κ1) is 8.72. The van der Waals surface area contributed by atoms with Crippen LogP contribution in [0.5, 0.6) is 0 Å². The van der Waals surface area contributed by atoms with Crippen LogP contribution in [0, 0.1) is 0 Å². The van der Waals surface area contributed by atoms with Crippen molar-refractivity contribution in [3.63, 3.8) is 0 Å². The molecule has 1 N–H and O–H groups in total. The van der Waals surface area contributed by atoms with E-state index in [9.17, 15) is 0 Å². The van der Waals surface area contributed by atoms with E-state index in [2.05, 4.69) is 0 Å². The molecule has 3 nitrogen and oxygen atoms in total. The number of halogens is 1. The van der Waals surface area contributed by atoms with Crippen LogP contribution < -0.4 is 0 Å². The fourth-order valence-electron chi connectivity index (χ4n) is 0.157. The van der Waals surface area contributed by atoms with Gasteiger partial charge in [-0.1, -0.05) is 0 Å². The SMILES string of the molecule is CC(=O)O.ClCC1CO1. The van der Waals surface area contributed by atoms with Gasteiger partial charge in [0.25, 0.3) is 5.97 Å². The highest BCUT2D eigenvalue weighted by atomic mass is 35.5. The number of hydrogen-bond acceptors (Lipinski definition) is 2. The van der Waals surface area contributed by atoms with Gasteiger partial charge in [0.2, 0.25) is 0 Å². The van der Waals surface area contributed by atoms with Crippen LogP contribution in [0.25, 0.3) is 0 Å². The first-order valence-corrected chi connectivity index (χ1v) is 3.07. The molecule has 1 unspecified atom stereocenters. The summed E-state index contributed by atoms with van der Waals surface area (Å²) in [6, 6.07) is 0. The highest BCUT2D eigenvalue weighted by Gasteiger charge is 2.19. The van der Waals surface area contributed by atoms with Crippen molar-refractivity contribution in [2.75, 3.05) is 12.5 Å². The smallest absolute Gasteiger partial charge is 0.300 e. The maximum absolute atomic E-state index is 9.00. The van der Waals surface area contributed by atoms with E-state index in [1.54, 1.807) is 0 Å². The lowest BCUT2D eigenvalue weighted by atomic mass is 10.6. The zero-order valence-electron chi connectivity index (χ0n) is 5.13. The van der Waals surface area contributed by atoms with Crippen LogP contribution in [0.15, 0.2) is 0 Å². The largest absolute Gasteiger partial charge is 0.481 e. The van der Waals surface area contributed by atoms with E-state index < -0.39 is 5.97 Å².